The maximum Gasteiger partial charge on any atom is 0.0534 e. The molecule has 1 N–H and O–H groups in total. The van der Waals surface area contributed by atoms with Gasteiger partial charge in [0.05, 0.1) is 6.20 Å². The zero-order valence-corrected chi connectivity index (χ0v) is 12.9. The first-order valence-corrected chi connectivity index (χ1v) is 8.30. The van der Waals surface area contributed by atoms with Gasteiger partial charge in [-0.05, 0) is 45.6 Å². The molecule has 3 rings (SSSR count). The van der Waals surface area contributed by atoms with Gasteiger partial charge < -0.3 is 5.32 Å². The zero-order chi connectivity index (χ0) is 13.9. The van der Waals surface area contributed by atoms with Crippen LogP contribution in [0.5, 0.6) is 0 Å². The van der Waals surface area contributed by atoms with Crippen LogP contribution in [0.15, 0.2) is 12.4 Å². The van der Waals surface area contributed by atoms with Crippen LogP contribution in [0.2, 0.25) is 0 Å². The Balaban J connectivity index is 1.65. The summed E-state index contributed by atoms with van der Waals surface area (Å²) in [6, 6.07) is 2.31. The van der Waals surface area contributed by atoms with E-state index in [-0.39, 0.29) is 0 Å². The van der Waals surface area contributed by atoms with Crippen molar-refractivity contribution in [1.29, 1.82) is 0 Å². The van der Waals surface area contributed by atoms with Gasteiger partial charge in [0, 0.05) is 43.0 Å². The van der Waals surface area contributed by atoms with E-state index in [0.29, 0.717) is 0 Å². The normalized spacial score (nSPS) is 29.2. The van der Waals surface area contributed by atoms with Gasteiger partial charge in [0.1, 0.15) is 0 Å². The summed E-state index contributed by atoms with van der Waals surface area (Å²) >= 11 is 0. The lowest BCUT2D eigenvalue weighted by Gasteiger charge is -2.37. The van der Waals surface area contributed by atoms with E-state index in [4.69, 9.17) is 0 Å². The Morgan fingerprint density at radius 3 is 2.65 bits per heavy atom. The number of nitrogens with one attached hydrogen (secondary N) is 1. The molecule has 0 aromatic carbocycles. The smallest absolute Gasteiger partial charge is 0.0534 e. The third-order valence-electron chi connectivity index (χ3n) is 4.87. The van der Waals surface area contributed by atoms with E-state index in [1.54, 1.807) is 0 Å². The Hall–Kier alpha value is -0.870. The Morgan fingerprint density at radius 2 is 2.05 bits per heavy atom. The number of rotatable bonds is 6. The maximum absolute atomic E-state index is 4.41. The average Bonchev–Trinajstić information content (AvgIpc) is 3.05. The highest BCUT2D eigenvalue weighted by molar-refractivity contribution is 5.05. The van der Waals surface area contributed by atoms with Gasteiger partial charge in [-0.25, -0.2) is 0 Å². The fourth-order valence-corrected chi connectivity index (χ4v) is 3.90. The topological polar surface area (TPSA) is 33.1 Å². The molecular formula is C16H28N4. The van der Waals surface area contributed by atoms with Crippen molar-refractivity contribution in [1.82, 2.24) is 20.0 Å². The zero-order valence-electron chi connectivity index (χ0n) is 12.9. The van der Waals surface area contributed by atoms with Crippen molar-refractivity contribution in [3.8, 4) is 0 Å². The summed E-state index contributed by atoms with van der Waals surface area (Å²) in [7, 11) is 0. The molecule has 2 unspecified atom stereocenters. The molecule has 0 aliphatic carbocycles. The van der Waals surface area contributed by atoms with Crippen molar-refractivity contribution < 1.29 is 0 Å². The lowest BCUT2D eigenvalue weighted by atomic mass is 9.97. The molecule has 2 bridgehead atoms. The van der Waals surface area contributed by atoms with Crippen molar-refractivity contribution >= 4 is 0 Å². The van der Waals surface area contributed by atoms with Crippen LogP contribution in [-0.4, -0.2) is 39.4 Å². The van der Waals surface area contributed by atoms with Crippen LogP contribution < -0.4 is 5.32 Å². The number of nitrogens with zero attached hydrogens (tertiary/aromatic N) is 3. The van der Waals surface area contributed by atoms with E-state index in [2.05, 4.69) is 35.4 Å². The van der Waals surface area contributed by atoms with E-state index in [1.807, 2.05) is 10.9 Å². The lowest BCUT2D eigenvalue weighted by Crippen LogP contribution is -2.48. The number of hydrogen-bond acceptors (Lipinski definition) is 3. The second-order valence-corrected chi connectivity index (χ2v) is 6.44. The number of aryl methyl sites for hydroxylation is 1. The molecule has 0 radical (unpaired) electrons. The summed E-state index contributed by atoms with van der Waals surface area (Å²) in [5.41, 5.74) is 1.37. The summed E-state index contributed by atoms with van der Waals surface area (Å²) in [4.78, 5) is 2.70. The molecule has 4 nitrogen and oxygen atoms in total. The van der Waals surface area contributed by atoms with E-state index >= 15 is 0 Å². The first kappa shape index (κ1) is 14.1. The molecule has 2 aliphatic rings. The Morgan fingerprint density at radius 1 is 1.30 bits per heavy atom. The Bertz CT molecular complexity index is 416. The SMILES string of the molecule is CCCN(Cc1cnn(CC)c1)C1CC2CCC(C1)N2. The van der Waals surface area contributed by atoms with Crippen LogP contribution in [0.1, 0.15) is 51.5 Å². The first-order chi connectivity index (χ1) is 9.78. The van der Waals surface area contributed by atoms with Crippen molar-refractivity contribution in [2.45, 2.75) is 77.2 Å². The van der Waals surface area contributed by atoms with Gasteiger partial charge in [-0.2, -0.15) is 5.10 Å². The van der Waals surface area contributed by atoms with Crippen LogP contribution in [0.3, 0.4) is 0 Å². The van der Waals surface area contributed by atoms with Gasteiger partial charge in [0.15, 0.2) is 0 Å². The van der Waals surface area contributed by atoms with Gasteiger partial charge in [0.25, 0.3) is 0 Å². The van der Waals surface area contributed by atoms with Crippen LogP contribution in [-0.2, 0) is 13.1 Å². The number of aromatic nitrogens is 2. The third kappa shape index (κ3) is 3.07. The molecule has 3 heterocycles. The van der Waals surface area contributed by atoms with Crippen molar-refractivity contribution in [3.63, 3.8) is 0 Å². The number of hydrogen-bond donors (Lipinski definition) is 1. The second kappa shape index (κ2) is 6.27. The van der Waals surface area contributed by atoms with E-state index in [0.717, 1.165) is 31.2 Å². The van der Waals surface area contributed by atoms with E-state index < -0.39 is 0 Å². The van der Waals surface area contributed by atoms with Crippen LogP contribution in [0.25, 0.3) is 0 Å². The van der Waals surface area contributed by atoms with Gasteiger partial charge in [-0.1, -0.05) is 6.92 Å². The van der Waals surface area contributed by atoms with Crippen LogP contribution in [0, 0.1) is 0 Å². The molecular weight excluding hydrogens is 248 g/mol. The molecule has 112 valence electrons. The summed E-state index contributed by atoms with van der Waals surface area (Å²) in [5, 5.41) is 8.16. The summed E-state index contributed by atoms with van der Waals surface area (Å²) < 4.78 is 2.03. The third-order valence-corrected chi connectivity index (χ3v) is 4.87. The predicted octanol–water partition coefficient (Wildman–Crippen LogP) is 2.40. The first-order valence-electron chi connectivity index (χ1n) is 8.30. The largest absolute Gasteiger partial charge is 0.311 e. The minimum absolute atomic E-state index is 0.763. The number of piperidine rings is 1. The molecule has 1 aromatic heterocycles. The van der Waals surface area contributed by atoms with Crippen molar-refractivity contribution in [3.05, 3.63) is 18.0 Å². The molecule has 2 atom stereocenters. The van der Waals surface area contributed by atoms with Crippen molar-refractivity contribution in [2.24, 2.45) is 0 Å². The van der Waals surface area contributed by atoms with Gasteiger partial charge in [-0.3, -0.25) is 9.58 Å². The molecule has 0 saturated carbocycles. The van der Waals surface area contributed by atoms with Gasteiger partial charge >= 0.3 is 0 Å². The second-order valence-electron chi connectivity index (χ2n) is 6.44. The lowest BCUT2D eigenvalue weighted by molar-refractivity contribution is 0.134. The van der Waals surface area contributed by atoms with Gasteiger partial charge in [0.2, 0.25) is 0 Å². The molecule has 4 heteroatoms. The molecule has 0 amide bonds. The molecule has 2 fully saturated rings. The Kier molecular flexibility index (Phi) is 4.41. The van der Waals surface area contributed by atoms with Crippen LogP contribution >= 0.6 is 0 Å². The average molecular weight is 276 g/mol. The Labute approximate surface area is 122 Å². The fourth-order valence-electron chi connectivity index (χ4n) is 3.90. The molecule has 0 spiro atoms. The quantitative estimate of drug-likeness (QED) is 0.866. The molecule has 20 heavy (non-hydrogen) atoms. The van der Waals surface area contributed by atoms with Crippen molar-refractivity contribution in [2.75, 3.05) is 6.54 Å². The fraction of sp³-hybridized carbons (Fsp3) is 0.812. The van der Waals surface area contributed by atoms with Crippen LogP contribution in [0.4, 0.5) is 0 Å². The van der Waals surface area contributed by atoms with E-state index in [9.17, 15) is 0 Å². The highest BCUT2D eigenvalue weighted by Crippen LogP contribution is 2.30. The minimum Gasteiger partial charge on any atom is -0.311 e. The monoisotopic (exact) mass is 276 g/mol. The predicted molar refractivity (Wildman–Crippen MR) is 81.6 cm³/mol. The summed E-state index contributed by atoms with van der Waals surface area (Å²) in [5.74, 6) is 0. The highest BCUT2D eigenvalue weighted by Gasteiger charge is 2.35. The maximum atomic E-state index is 4.41. The summed E-state index contributed by atoms with van der Waals surface area (Å²) in [6.45, 7) is 7.67. The van der Waals surface area contributed by atoms with Gasteiger partial charge in [-0.15, -0.1) is 0 Å². The summed E-state index contributed by atoms with van der Waals surface area (Å²) in [6.07, 6.45) is 10.9. The minimum atomic E-state index is 0.763. The molecule has 2 saturated heterocycles. The standard InChI is InChI=1S/C16H28N4/c1-3-7-19(11-13-10-17-20(4-2)12-13)16-8-14-5-6-15(9-16)18-14/h10,12,14-16,18H,3-9,11H2,1-2H3. The highest BCUT2D eigenvalue weighted by atomic mass is 15.3. The number of fused-ring (bicyclic) bond motifs is 2. The van der Waals surface area contributed by atoms with E-state index in [1.165, 1.54) is 44.2 Å². The molecule has 2 aliphatic heterocycles. The molecule has 1 aromatic rings.